The average Bonchev–Trinajstić information content (AvgIpc) is 2.64. The molecule has 140 valence electrons. The molecule has 2 N–H and O–H groups in total. The van der Waals surface area contributed by atoms with Crippen LogP contribution in [0.25, 0.3) is 0 Å². The number of nitrogens with one attached hydrogen (secondary N) is 2. The third-order valence-electron chi connectivity index (χ3n) is 4.02. The molecule has 0 saturated carbocycles. The lowest BCUT2D eigenvalue weighted by Gasteiger charge is -2.21. The highest BCUT2D eigenvalue weighted by Crippen LogP contribution is 2.18. The molecule has 7 nitrogen and oxygen atoms in total. The van der Waals surface area contributed by atoms with E-state index in [0.717, 1.165) is 37.6 Å². The van der Waals surface area contributed by atoms with Gasteiger partial charge in [0.25, 0.3) is 5.91 Å². The van der Waals surface area contributed by atoms with Gasteiger partial charge in [-0.3, -0.25) is 4.79 Å². The zero-order chi connectivity index (χ0) is 18.9. The van der Waals surface area contributed by atoms with Crippen LogP contribution in [0, 0.1) is 0 Å². The second-order valence-corrected chi connectivity index (χ2v) is 6.19. The van der Waals surface area contributed by atoms with Gasteiger partial charge in [-0.25, -0.2) is 9.97 Å². The third-order valence-corrected chi connectivity index (χ3v) is 4.02. The predicted octanol–water partition coefficient (Wildman–Crippen LogP) is 2.55. The highest BCUT2D eigenvalue weighted by molar-refractivity contribution is 6.03. The topological polar surface area (TPSA) is 73.4 Å². The standard InChI is InChI=1S/C19H28N6O/c1-5-25(6-2)16-9-7-15(8-10-16)23-19(26)17-13-18(22-14-21-17)20-11-12-24(3)4/h7-10,13-14H,5-6,11-12H2,1-4H3,(H,23,26)(H,20,21,22). The molecule has 0 aliphatic rings. The lowest BCUT2D eigenvalue weighted by atomic mass is 10.2. The Balaban J connectivity index is 1.99. The molecule has 0 aliphatic heterocycles. The van der Waals surface area contributed by atoms with Crippen molar-refractivity contribution in [3.8, 4) is 0 Å². The zero-order valence-corrected chi connectivity index (χ0v) is 16.0. The summed E-state index contributed by atoms with van der Waals surface area (Å²) >= 11 is 0. The summed E-state index contributed by atoms with van der Waals surface area (Å²) in [7, 11) is 4.01. The number of benzene rings is 1. The first kappa shape index (κ1) is 19.7. The Kier molecular flexibility index (Phi) is 7.35. The van der Waals surface area contributed by atoms with Crippen LogP contribution < -0.4 is 15.5 Å². The summed E-state index contributed by atoms with van der Waals surface area (Å²) in [6.07, 6.45) is 1.40. The van der Waals surface area contributed by atoms with Gasteiger partial charge in [0.1, 0.15) is 17.8 Å². The van der Waals surface area contributed by atoms with Crippen molar-refractivity contribution in [1.29, 1.82) is 0 Å². The molecular weight excluding hydrogens is 328 g/mol. The van der Waals surface area contributed by atoms with Crippen LogP contribution in [0.2, 0.25) is 0 Å². The van der Waals surface area contributed by atoms with Crippen molar-refractivity contribution < 1.29 is 4.79 Å². The number of anilines is 3. The van der Waals surface area contributed by atoms with Crippen LogP contribution >= 0.6 is 0 Å². The number of hydrogen-bond donors (Lipinski definition) is 2. The SMILES string of the molecule is CCN(CC)c1ccc(NC(=O)c2cc(NCCN(C)C)ncn2)cc1. The first-order valence-corrected chi connectivity index (χ1v) is 8.90. The minimum Gasteiger partial charge on any atom is -0.372 e. The van der Waals surface area contributed by atoms with Crippen LogP contribution in [0.5, 0.6) is 0 Å². The number of carbonyl (C=O) groups is 1. The van der Waals surface area contributed by atoms with Crippen molar-refractivity contribution in [2.75, 3.05) is 55.8 Å². The van der Waals surface area contributed by atoms with E-state index in [1.807, 2.05) is 38.4 Å². The Labute approximate surface area is 155 Å². The van der Waals surface area contributed by atoms with Crippen molar-refractivity contribution in [2.45, 2.75) is 13.8 Å². The minimum atomic E-state index is -0.251. The Morgan fingerprint density at radius 1 is 1.08 bits per heavy atom. The summed E-state index contributed by atoms with van der Waals surface area (Å²) in [5.74, 6) is 0.391. The quantitative estimate of drug-likeness (QED) is 0.719. The second-order valence-electron chi connectivity index (χ2n) is 6.19. The van der Waals surface area contributed by atoms with E-state index < -0.39 is 0 Å². The number of aromatic nitrogens is 2. The summed E-state index contributed by atoms with van der Waals surface area (Å²) < 4.78 is 0. The molecule has 1 heterocycles. The van der Waals surface area contributed by atoms with E-state index in [2.05, 4.69) is 44.2 Å². The van der Waals surface area contributed by atoms with E-state index in [0.29, 0.717) is 11.5 Å². The Hall–Kier alpha value is -2.67. The van der Waals surface area contributed by atoms with Gasteiger partial charge in [-0.2, -0.15) is 0 Å². The van der Waals surface area contributed by atoms with Crippen LogP contribution in [0.4, 0.5) is 17.2 Å². The number of amides is 1. The fourth-order valence-corrected chi connectivity index (χ4v) is 2.53. The van der Waals surface area contributed by atoms with Crippen molar-refractivity contribution in [1.82, 2.24) is 14.9 Å². The number of nitrogens with zero attached hydrogens (tertiary/aromatic N) is 4. The number of rotatable bonds is 9. The van der Waals surface area contributed by atoms with E-state index in [9.17, 15) is 4.79 Å². The summed E-state index contributed by atoms with van der Waals surface area (Å²) in [5.41, 5.74) is 2.22. The first-order valence-electron chi connectivity index (χ1n) is 8.90. The van der Waals surface area contributed by atoms with Crippen LogP contribution in [-0.2, 0) is 0 Å². The molecule has 1 amide bonds. The van der Waals surface area contributed by atoms with Gasteiger partial charge < -0.3 is 20.4 Å². The van der Waals surface area contributed by atoms with Crippen LogP contribution in [-0.4, -0.2) is 61.0 Å². The van der Waals surface area contributed by atoms with Gasteiger partial charge in [0.15, 0.2) is 0 Å². The Bertz CT molecular complexity index is 697. The predicted molar refractivity (Wildman–Crippen MR) is 107 cm³/mol. The summed E-state index contributed by atoms with van der Waals surface area (Å²) in [4.78, 5) is 25.0. The maximum absolute atomic E-state index is 12.4. The van der Waals surface area contributed by atoms with E-state index in [1.54, 1.807) is 6.07 Å². The van der Waals surface area contributed by atoms with Crippen molar-refractivity contribution in [3.63, 3.8) is 0 Å². The van der Waals surface area contributed by atoms with E-state index in [1.165, 1.54) is 6.33 Å². The summed E-state index contributed by atoms with van der Waals surface area (Å²) in [6.45, 7) is 7.78. The lowest BCUT2D eigenvalue weighted by molar-refractivity contribution is 0.102. The molecule has 0 spiro atoms. The molecule has 0 saturated heterocycles. The highest BCUT2D eigenvalue weighted by atomic mass is 16.1. The molecule has 26 heavy (non-hydrogen) atoms. The van der Waals surface area contributed by atoms with Crippen LogP contribution in [0.1, 0.15) is 24.3 Å². The van der Waals surface area contributed by atoms with E-state index >= 15 is 0 Å². The highest BCUT2D eigenvalue weighted by Gasteiger charge is 2.10. The van der Waals surface area contributed by atoms with Crippen LogP contribution in [0.3, 0.4) is 0 Å². The molecule has 7 heteroatoms. The smallest absolute Gasteiger partial charge is 0.274 e. The van der Waals surface area contributed by atoms with Gasteiger partial charge in [0.2, 0.25) is 0 Å². The molecule has 1 aromatic heterocycles. The second kappa shape index (κ2) is 9.72. The number of likely N-dealkylation sites (N-methyl/N-ethyl adjacent to an activating group) is 1. The van der Waals surface area contributed by atoms with Crippen LogP contribution in [0.15, 0.2) is 36.7 Å². The van der Waals surface area contributed by atoms with Gasteiger partial charge in [0.05, 0.1) is 0 Å². The van der Waals surface area contributed by atoms with Gasteiger partial charge in [0, 0.05) is 43.6 Å². The molecule has 2 aromatic rings. The van der Waals surface area contributed by atoms with Crippen molar-refractivity contribution >= 4 is 23.1 Å². The molecule has 1 aromatic carbocycles. The lowest BCUT2D eigenvalue weighted by Crippen LogP contribution is -2.22. The average molecular weight is 356 g/mol. The zero-order valence-electron chi connectivity index (χ0n) is 16.0. The molecular formula is C19H28N6O. The number of hydrogen-bond acceptors (Lipinski definition) is 6. The summed E-state index contributed by atoms with van der Waals surface area (Å²) in [6, 6.07) is 9.49. The molecule has 2 rings (SSSR count). The molecule has 0 radical (unpaired) electrons. The normalized spacial score (nSPS) is 10.7. The molecule has 0 bridgehead atoms. The van der Waals surface area contributed by atoms with Gasteiger partial charge in [-0.05, 0) is 52.2 Å². The minimum absolute atomic E-state index is 0.251. The monoisotopic (exact) mass is 356 g/mol. The first-order chi connectivity index (χ1) is 12.5. The Morgan fingerprint density at radius 2 is 1.77 bits per heavy atom. The van der Waals surface area contributed by atoms with Crippen molar-refractivity contribution in [3.05, 3.63) is 42.4 Å². The fraction of sp³-hybridized carbons (Fsp3) is 0.421. The van der Waals surface area contributed by atoms with Gasteiger partial charge >= 0.3 is 0 Å². The largest absolute Gasteiger partial charge is 0.372 e. The molecule has 0 unspecified atom stereocenters. The van der Waals surface area contributed by atoms with Gasteiger partial charge in [-0.15, -0.1) is 0 Å². The maximum atomic E-state index is 12.4. The molecule has 0 aliphatic carbocycles. The Morgan fingerprint density at radius 3 is 2.38 bits per heavy atom. The maximum Gasteiger partial charge on any atom is 0.274 e. The van der Waals surface area contributed by atoms with Gasteiger partial charge in [-0.1, -0.05) is 0 Å². The molecule has 0 atom stereocenters. The van der Waals surface area contributed by atoms with Crippen molar-refractivity contribution in [2.24, 2.45) is 0 Å². The summed E-state index contributed by atoms with van der Waals surface area (Å²) in [5, 5.41) is 6.07. The third kappa shape index (κ3) is 5.70. The van der Waals surface area contributed by atoms with E-state index in [4.69, 9.17) is 0 Å². The molecule has 0 fully saturated rings. The van der Waals surface area contributed by atoms with E-state index in [-0.39, 0.29) is 5.91 Å². The number of carbonyl (C=O) groups excluding carboxylic acids is 1. The fourth-order valence-electron chi connectivity index (χ4n) is 2.53.